The molecule has 1 aromatic carbocycles. The van der Waals surface area contributed by atoms with Crippen molar-refractivity contribution in [3.05, 3.63) is 44.9 Å². The van der Waals surface area contributed by atoms with Crippen LogP contribution in [-0.4, -0.2) is 41.2 Å². The van der Waals surface area contributed by atoms with Crippen LogP contribution in [0.25, 0.3) is 0 Å². The molecule has 28 heavy (non-hydrogen) atoms. The first-order valence-corrected chi connectivity index (χ1v) is 11.4. The number of nitrogens with zero attached hydrogens (tertiary/aromatic N) is 2. The number of likely N-dealkylation sites (tertiary alicyclic amines) is 1. The highest BCUT2D eigenvalue weighted by Crippen LogP contribution is 2.37. The molecule has 0 spiro atoms. The fraction of sp³-hybridized carbons (Fsp3) is 0.591. The van der Waals surface area contributed by atoms with E-state index in [-0.39, 0.29) is 0 Å². The van der Waals surface area contributed by atoms with E-state index in [9.17, 15) is 5.11 Å². The summed E-state index contributed by atoms with van der Waals surface area (Å²) >= 11 is 7.78. The molecule has 1 aromatic heterocycles. The molecule has 0 amide bonds. The van der Waals surface area contributed by atoms with Crippen LogP contribution in [0.1, 0.15) is 48.7 Å². The van der Waals surface area contributed by atoms with Gasteiger partial charge in [0.2, 0.25) is 0 Å². The van der Waals surface area contributed by atoms with Gasteiger partial charge in [0.05, 0.1) is 17.3 Å². The number of hydrogen-bond donors (Lipinski definition) is 1. The van der Waals surface area contributed by atoms with E-state index in [1.165, 1.54) is 4.88 Å². The highest BCUT2D eigenvalue weighted by Gasteiger charge is 2.35. The minimum Gasteiger partial charge on any atom is -0.492 e. The van der Waals surface area contributed by atoms with E-state index in [0.29, 0.717) is 23.3 Å². The number of aryl methyl sites for hydroxylation is 1. The second kappa shape index (κ2) is 9.57. The van der Waals surface area contributed by atoms with Crippen molar-refractivity contribution < 1.29 is 9.84 Å². The van der Waals surface area contributed by atoms with Gasteiger partial charge in [-0.3, -0.25) is 0 Å². The van der Waals surface area contributed by atoms with E-state index in [1.54, 1.807) is 11.3 Å². The summed E-state index contributed by atoms with van der Waals surface area (Å²) in [6.07, 6.45) is 3.31. The van der Waals surface area contributed by atoms with Gasteiger partial charge >= 0.3 is 0 Å². The van der Waals surface area contributed by atoms with Crippen LogP contribution in [0.2, 0.25) is 5.02 Å². The van der Waals surface area contributed by atoms with Gasteiger partial charge in [-0.25, -0.2) is 4.98 Å². The van der Waals surface area contributed by atoms with E-state index >= 15 is 0 Å². The Hall–Kier alpha value is -1.14. The van der Waals surface area contributed by atoms with Gasteiger partial charge in [-0.2, -0.15) is 0 Å². The maximum Gasteiger partial charge on any atom is 0.137 e. The van der Waals surface area contributed by atoms with E-state index in [0.717, 1.165) is 56.0 Å². The molecule has 154 valence electrons. The Kier molecular flexibility index (Phi) is 7.37. The molecule has 0 saturated carbocycles. The van der Waals surface area contributed by atoms with Gasteiger partial charge in [0.15, 0.2) is 0 Å². The fourth-order valence-electron chi connectivity index (χ4n) is 3.76. The van der Waals surface area contributed by atoms with E-state index in [2.05, 4.69) is 18.7 Å². The van der Waals surface area contributed by atoms with Crippen molar-refractivity contribution in [1.82, 2.24) is 9.88 Å². The predicted molar refractivity (Wildman–Crippen MR) is 117 cm³/mol. The summed E-state index contributed by atoms with van der Waals surface area (Å²) < 4.78 is 5.82. The van der Waals surface area contributed by atoms with Gasteiger partial charge in [0, 0.05) is 24.4 Å². The Morgan fingerprint density at radius 3 is 2.82 bits per heavy atom. The third-order valence-electron chi connectivity index (χ3n) is 5.24. The molecule has 4 nitrogen and oxygen atoms in total. The molecule has 1 fully saturated rings. The lowest BCUT2D eigenvalue weighted by atomic mass is 9.96. The summed E-state index contributed by atoms with van der Waals surface area (Å²) in [7, 11) is 0. The Balaban J connectivity index is 1.62. The summed E-state index contributed by atoms with van der Waals surface area (Å²) in [4.78, 5) is 8.40. The number of aromatic nitrogens is 1. The van der Waals surface area contributed by atoms with Crippen LogP contribution in [-0.2, 0) is 12.0 Å². The predicted octanol–water partition coefficient (Wildman–Crippen LogP) is 5.06. The lowest BCUT2D eigenvalue weighted by Gasteiger charge is -2.25. The first kappa shape index (κ1) is 21.6. The molecule has 0 aliphatic carbocycles. The zero-order valence-electron chi connectivity index (χ0n) is 17.1. The molecule has 6 heteroatoms. The smallest absolute Gasteiger partial charge is 0.137 e. The molecule has 2 heterocycles. The summed E-state index contributed by atoms with van der Waals surface area (Å²) in [5.41, 5.74) is 0.197. The van der Waals surface area contributed by atoms with Crippen molar-refractivity contribution in [2.75, 3.05) is 26.2 Å². The Morgan fingerprint density at radius 2 is 2.07 bits per heavy atom. The topological polar surface area (TPSA) is 45.6 Å². The van der Waals surface area contributed by atoms with Gasteiger partial charge in [0.1, 0.15) is 16.4 Å². The van der Waals surface area contributed by atoms with Gasteiger partial charge in [-0.1, -0.05) is 37.6 Å². The Labute approximate surface area is 177 Å². The molecule has 1 atom stereocenters. The molecule has 0 radical (unpaired) electrons. The van der Waals surface area contributed by atoms with Crippen LogP contribution in [0.5, 0.6) is 5.75 Å². The summed E-state index contributed by atoms with van der Waals surface area (Å²) in [5, 5.41) is 12.8. The third-order valence-corrected chi connectivity index (χ3v) is 6.97. The molecule has 3 rings (SSSR count). The van der Waals surface area contributed by atoms with Crippen molar-refractivity contribution >= 4 is 22.9 Å². The highest BCUT2D eigenvalue weighted by molar-refractivity contribution is 7.11. The first-order chi connectivity index (χ1) is 13.4. The van der Waals surface area contributed by atoms with E-state index in [4.69, 9.17) is 21.3 Å². The average molecular weight is 423 g/mol. The molecular weight excluding hydrogens is 392 g/mol. The first-order valence-electron chi connectivity index (χ1n) is 10.2. The van der Waals surface area contributed by atoms with E-state index in [1.807, 2.05) is 31.2 Å². The van der Waals surface area contributed by atoms with Crippen LogP contribution < -0.4 is 4.74 Å². The normalized spacial score (nSPS) is 21.1. The van der Waals surface area contributed by atoms with Crippen LogP contribution in [0.3, 0.4) is 0 Å². The van der Waals surface area contributed by atoms with Gasteiger partial charge in [-0.05, 0) is 50.8 Å². The summed E-state index contributed by atoms with van der Waals surface area (Å²) in [6, 6.07) is 7.52. The number of halogens is 1. The SMILES string of the molecule is Cc1nc([C@@]2(O)CCCN(CC(C)C)CC2)sc1CCOc1ccccc1Cl. The number of hydrogen-bond acceptors (Lipinski definition) is 5. The van der Waals surface area contributed by atoms with Crippen LogP contribution in [0, 0.1) is 12.8 Å². The zero-order chi connectivity index (χ0) is 20.1. The summed E-state index contributed by atoms with van der Waals surface area (Å²) in [5.74, 6) is 1.36. The summed E-state index contributed by atoms with van der Waals surface area (Å²) in [6.45, 7) is 10.2. The minimum atomic E-state index is -0.803. The van der Waals surface area contributed by atoms with Crippen molar-refractivity contribution in [2.24, 2.45) is 5.92 Å². The lowest BCUT2D eigenvalue weighted by molar-refractivity contribution is 0.0206. The standard InChI is InChI=1S/C22H31ClN2O2S/c1-16(2)15-25-12-6-10-22(26,11-13-25)21-24-17(3)20(28-21)9-14-27-19-8-5-4-7-18(19)23/h4-5,7-8,16,26H,6,9-15H2,1-3H3/t22-/m1/s1. The number of benzene rings is 1. The monoisotopic (exact) mass is 422 g/mol. The van der Waals surface area contributed by atoms with Crippen molar-refractivity contribution in [2.45, 2.75) is 52.1 Å². The second-order valence-corrected chi connectivity index (χ2v) is 9.63. The van der Waals surface area contributed by atoms with Crippen LogP contribution >= 0.6 is 22.9 Å². The fourth-order valence-corrected chi connectivity index (χ4v) is 5.14. The molecule has 0 bridgehead atoms. The van der Waals surface area contributed by atoms with Crippen LogP contribution in [0.4, 0.5) is 0 Å². The van der Waals surface area contributed by atoms with Crippen molar-refractivity contribution in [1.29, 1.82) is 0 Å². The van der Waals surface area contributed by atoms with Crippen molar-refractivity contribution in [3.63, 3.8) is 0 Å². The maximum absolute atomic E-state index is 11.3. The molecule has 1 N–H and O–H groups in total. The largest absolute Gasteiger partial charge is 0.492 e. The Bertz CT molecular complexity index is 780. The number of ether oxygens (including phenoxy) is 1. The van der Waals surface area contributed by atoms with Gasteiger partial charge in [-0.15, -0.1) is 11.3 Å². The van der Waals surface area contributed by atoms with Gasteiger partial charge in [0.25, 0.3) is 0 Å². The Morgan fingerprint density at radius 1 is 1.29 bits per heavy atom. The highest BCUT2D eigenvalue weighted by atomic mass is 35.5. The van der Waals surface area contributed by atoms with Crippen LogP contribution in [0.15, 0.2) is 24.3 Å². The number of aliphatic hydroxyl groups is 1. The number of para-hydroxylation sites is 1. The molecular formula is C22H31ClN2O2S. The quantitative estimate of drug-likeness (QED) is 0.677. The molecule has 1 saturated heterocycles. The molecule has 1 aliphatic heterocycles. The zero-order valence-corrected chi connectivity index (χ0v) is 18.7. The maximum atomic E-state index is 11.3. The number of thiazole rings is 1. The van der Waals surface area contributed by atoms with Crippen molar-refractivity contribution in [3.8, 4) is 5.75 Å². The third kappa shape index (κ3) is 5.47. The van der Waals surface area contributed by atoms with E-state index < -0.39 is 5.60 Å². The lowest BCUT2D eigenvalue weighted by Crippen LogP contribution is -2.31. The molecule has 1 aliphatic rings. The average Bonchev–Trinajstić information content (AvgIpc) is 2.91. The number of rotatable bonds is 7. The molecule has 0 unspecified atom stereocenters. The minimum absolute atomic E-state index is 0.548. The van der Waals surface area contributed by atoms with Gasteiger partial charge < -0.3 is 14.7 Å². The molecule has 2 aromatic rings. The second-order valence-electron chi connectivity index (χ2n) is 8.14.